The summed E-state index contributed by atoms with van der Waals surface area (Å²) in [5, 5.41) is 16.8. The Morgan fingerprint density at radius 2 is 1.56 bits per heavy atom. The Labute approximate surface area is 152 Å². The van der Waals surface area contributed by atoms with Crippen molar-refractivity contribution < 1.29 is 9.84 Å². The number of benzene rings is 2. The molecule has 0 fully saturated rings. The van der Waals surface area contributed by atoms with Crippen molar-refractivity contribution in [3.63, 3.8) is 0 Å². The van der Waals surface area contributed by atoms with E-state index in [1.165, 1.54) is 0 Å². The van der Waals surface area contributed by atoms with Crippen molar-refractivity contribution in [1.29, 1.82) is 0 Å². The first-order chi connectivity index (χ1) is 11.5. The quantitative estimate of drug-likeness (QED) is 0.787. The van der Waals surface area contributed by atoms with Gasteiger partial charge in [-0.1, -0.05) is 25.1 Å². The SMILES string of the molecule is CC(C)Oc1ccc2cc(C(C)(O)C(C)CNC(C)(C)C)ccc2c1. The van der Waals surface area contributed by atoms with E-state index in [1.807, 2.05) is 32.9 Å². The molecular formula is C22H33NO2. The van der Waals surface area contributed by atoms with Crippen LogP contribution in [0.2, 0.25) is 0 Å². The summed E-state index contributed by atoms with van der Waals surface area (Å²) in [5.74, 6) is 0.970. The second kappa shape index (κ2) is 7.35. The Hall–Kier alpha value is -1.58. The van der Waals surface area contributed by atoms with Crippen LogP contribution in [0.4, 0.5) is 0 Å². The van der Waals surface area contributed by atoms with Gasteiger partial charge in [0.05, 0.1) is 11.7 Å². The first-order valence-electron chi connectivity index (χ1n) is 9.17. The molecule has 3 nitrogen and oxygen atoms in total. The Balaban J connectivity index is 2.24. The average molecular weight is 344 g/mol. The summed E-state index contributed by atoms with van der Waals surface area (Å²) in [6.45, 7) is 15.2. The zero-order valence-electron chi connectivity index (χ0n) is 16.7. The number of fused-ring (bicyclic) bond motifs is 1. The van der Waals surface area contributed by atoms with E-state index in [4.69, 9.17) is 4.74 Å². The number of ether oxygens (including phenoxy) is 1. The van der Waals surface area contributed by atoms with Crippen molar-refractivity contribution in [2.24, 2.45) is 5.92 Å². The highest BCUT2D eigenvalue weighted by atomic mass is 16.5. The highest BCUT2D eigenvalue weighted by Crippen LogP contribution is 2.32. The standard InChI is InChI=1S/C22H33NO2/c1-15(2)25-20-11-9-17-12-19(10-8-18(17)13-20)22(7,24)16(3)14-23-21(4,5)6/h8-13,15-16,23-24H,14H2,1-7H3. The number of hydrogen-bond acceptors (Lipinski definition) is 3. The van der Waals surface area contributed by atoms with Gasteiger partial charge in [0.15, 0.2) is 0 Å². The third-order valence-electron chi connectivity index (χ3n) is 4.67. The Kier molecular flexibility index (Phi) is 5.80. The second-order valence-corrected chi connectivity index (χ2v) is 8.57. The molecule has 0 saturated heterocycles. The molecular weight excluding hydrogens is 310 g/mol. The molecule has 0 aliphatic rings. The summed E-state index contributed by atoms with van der Waals surface area (Å²) >= 11 is 0. The molecule has 0 radical (unpaired) electrons. The molecule has 0 aromatic heterocycles. The van der Waals surface area contributed by atoms with E-state index in [1.54, 1.807) is 0 Å². The molecule has 138 valence electrons. The molecule has 2 N–H and O–H groups in total. The van der Waals surface area contributed by atoms with Crippen LogP contribution in [0.15, 0.2) is 36.4 Å². The monoisotopic (exact) mass is 343 g/mol. The molecule has 2 aromatic carbocycles. The first kappa shape index (κ1) is 19.7. The van der Waals surface area contributed by atoms with Crippen molar-refractivity contribution in [2.75, 3.05) is 6.54 Å². The fourth-order valence-electron chi connectivity index (χ4n) is 2.83. The fourth-order valence-corrected chi connectivity index (χ4v) is 2.83. The number of rotatable bonds is 6. The maximum atomic E-state index is 11.1. The van der Waals surface area contributed by atoms with Crippen molar-refractivity contribution in [3.8, 4) is 5.75 Å². The molecule has 0 spiro atoms. The normalized spacial score (nSPS) is 16.0. The lowest BCUT2D eigenvalue weighted by Gasteiger charge is -2.33. The maximum Gasteiger partial charge on any atom is 0.120 e. The lowest BCUT2D eigenvalue weighted by atomic mass is 9.82. The van der Waals surface area contributed by atoms with Crippen LogP contribution in [-0.4, -0.2) is 23.3 Å². The summed E-state index contributed by atoms with van der Waals surface area (Å²) in [4.78, 5) is 0. The zero-order chi connectivity index (χ0) is 18.8. The van der Waals surface area contributed by atoms with Gasteiger partial charge in [0, 0.05) is 18.0 Å². The predicted octanol–water partition coefficient (Wildman–Crippen LogP) is 4.86. The molecule has 0 heterocycles. The number of hydrogen-bond donors (Lipinski definition) is 2. The van der Waals surface area contributed by atoms with Crippen LogP contribution in [0.3, 0.4) is 0 Å². The van der Waals surface area contributed by atoms with E-state index in [0.717, 1.165) is 28.6 Å². The molecule has 0 aliphatic carbocycles. The van der Waals surface area contributed by atoms with E-state index >= 15 is 0 Å². The average Bonchev–Trinajstić information content (AvgIpc) is 2.50. The minimum Gasteiger partial charge on any atom is -0.491 e. The summed E-state index contributed by atoms with van der Waals surface area (Å²) in [6.07, 6.45) is 0.161. The van der Waals surface area contributed by atoms with Gasteiger partial charge in [0.1, 0.15) is 5.75 Å². The smallest absolute Gasteiger partial charge is 0.120 e. The van der Waals surface area contributed by atoms with Crippen LogP contribution in [0.25, 0.3) is 10.8 Å². The molecule has 3 heteroatoms. The van der Waals surface area contributed by atoms with E-state index < -0.39 is 5.60 Å². The third-order valence-corrected chi connectivity index (χ3v) is 4.67. The van der Waals surface area contributed by atoms with Gasteiger partial charge in [0.2, 0.25) is 0 Å². The van der Waals surface area contributed by atoms with Crippen LogP contribution in [0, 0.1) is 5.92 Å². The predicted molar refractivity (Wildman–Crippen MR) is 106 cm³/mol. The minimum absolute atomic E-state index is 0.0422. The summed E-state index contributed by atoms with van der Waals surface area (Å²) in [6, 6.07) is 12.3. The van der Waals surface area contributed by atoms with E-state index in [0.29, 0.717) is 0 Å². The molecule has 0 bridgehead atoms. The maximum absolute atomic E-state index is 11.1. The van der Waals surface area contributed by atoms with Crippen molar-refractivity contribution in [3.05, 3.63) is 42.0 Å². The van der Waals surface area contributed by atoms with Crippen molar-refractivity contribution in [2.45, 2.75) is 65.7 Å². The highest BCUT2D eigenvalue weighted by molar-refractivity contribution is 5.84. The van der Waals surface area contributed by atoms with E-state index in [2.05, 4.69) is 57.3 Å². The van der Waals surface area contributed by atoms with Gasteiger partial charge >= 0.3 is 0 Å². The number of nitrogens with one attached hydrogen (secondary N) is 1. The Morgan fingerprint density at radius 1 is 0.960 bits per heavy atom. The topological polar surface area (TPSA) is 41.5 Å². The van der Waals surface area contributed by atoms with Crippen LogP contribution < -0.4 is 10.1 Å². The first-order valence-corrected chi connectivity index (χ1v) is 9.17. The van der Waals surface area contributed by atoms with Gasteiger partial charge in [-0.25, -0.2) is 0 Å². The van der Waals surface area contributed by atoms with Gasteiger partial charge in [-0.05, 0) is 76.1 Å². The van der Waals surface area contributed by atoms with Crippen LogP contribution in [0.1, 0.15) is 54.0 Å². The lowest BCUT2D eigenvalue weighted by molar-refractivity contribution is 0.00000331. The molecule has 0 amide bonds. The molecule has 2 rings (SSSR count). The van der Waals surface area contributed by atoms with Crippen LogP contribution in [0.5, 0.6) is 5.75 Å². The summed E-state index contributed by atoms with van der Waals surface area (Å²) in [5.41, 5.74) is 0.0980. The Morgan fingerprint density at radius 3 is 2.16 bits per heavy atom. The minimum atomic E-state index is -0.889. The van der Waals surface area contributed by atoms with Gasteiger partial charge in [-0.2, -0.15) is 0 Å². The van der Waals surface area contributed by atoms with E-state index in [9.17, 15) is 5.11 Å². The third kappa shape index (κ3) is 5.20. The van der Waals surface area contributed by atoms with Gasteiger partial charge in [0.25, 0.3) is 0 Å². The zero-order valence-corrected chi connectivity index (χ0v) is 16.7. The summed E-state index contributed by atoms with van der Waals surface area (Å²) < 4.78 is 5.76. The van der Waals surface area contributed by atoms with Gasteiger partial charge < -0.3 is 15.2 Å². The summed E-state index contributed by atoms with van der Waals surface area (Å²) in [7, 11) is 0. The Bertz CT molecular complexity index is 714. The number of aliphatic hydroxyl groups is 1. The molecule has 2 atom stereocenters. The molecule has 0 saturated carbocycles. The van der Waals surface area contributed by atoms with Crippen molar-refractivity contribution >= 4 is 10.8 Å². The fraction of sp³-hybridized carbons (Fsp3) is 0.545. The molecule has 2 aromatic rings. The largest absolute Gasteiger partial charge is 0.491 e. The lowest BCUT2D eigenvalue weighted by Crippen LogP contribution is -2.44. The van der Waals surface area contributed by atoms with Gasteiger partial charge in [-0.3, -0.25) is 0 Å². The molecule has 0 aliphatic heterocycles. The second-order valence-electron chi connectivity index (χ2n) is 8.57. The van der Waals surface area contributed by atoms with Crippen molar-refractivity contribution in [1.82, 2.24) is 5.32 Å². The highest BCUT2D eigenvalue weighted by Gasteiger charge is 2.31. The van der Waals surface area contributed by atoms with Crippen LogP contribution in [-0.2, 0) is 5.60 Å². The van der Waals surface area contributed by atoms with Gasteiger partial charge in [-0.15, -0.1) is 0 Å². The molecule has 25 heavy (non-hydrogen) atoms. The molecule has 2 unspecified atom stereocenters. The van der Waals surface area contributed by atoms with Crippen LogP contribution >= 0.6 is 0 Å². The van der Waals surface area contributed by atoms with E-state index in [-0.39, 0.29) is 17.6 Å².